The van der Waals surface area contributed by atoms with Crippen molar-refractivity contribution in [2.45, 2.75) is 19.8 Å². The minimum absolute atomic E-state index is 0.423. The average molecular weight is 373 g/mol. The highest BCUT2D eigenvalue weighted by molar-refractivity contribution is 5.81. The molecule has 0 unspecified atom stereocenters. The molecule has 4 rings (SSSR count). The van der Waals surface area contributed by atoms with E-state index in [9.17, 15) is 0 Å². The number of fused-ring (bicyclic) bond motifs is 1. The Morgan fingerprint density at radius 3 is 2.64 bits per heavy atom. The number of nitrogens with two attached hydrogens (primary N) is 1. The van der Waals surface area contributed by atoms with Gasteiger partial charge in [0.15, 0.2) is 0 Å². The molecular formula is C22H23N5O. The summed E-state index contributed by atoms with van der Waals surface area (Å²) in [5.41, 5.74) is 9.89. The standard InChI is InChI=1S/C22H23N5O/c1-14(2)15-5-4-6-16(11-15)25-22-26-19-12-17(7-8-20(19)27(22)3)28-18-9-10-24-21(23)13-18/h4-14H,1-3H3,(H2,23,24)(H,25,26). The van der Waals surface area contributed by atoms with E-state index in [-0.39, 0.29) is 0 Å². The molecule has 0 fully saturated rings. The molecule has 6 heteroatoms. The molecule has 2 heterocycles. The number of nitrogens with one attached hydrogen (secondary N) is 1. The molecule has 2 aromatic carbocycles. The van der Waals surface area contributed by atoms with Gasteiger partial charge in [-0.3, -0.25) is 0 Å². The van der Waals surface area contributed by atoms with E-state index in [2.05, 4.69) is 42.3 Å². The molecule has 28 heavy (non-hydrogen) atoms. The molecule has 0 bridgehead atoms. The summed E-state index contributed by atoms with van der Waals surface area (Å²) in [4.78, 5) is 8.71. The number of hydrogen-bond donors (Lipinski definition) is 2. The van der Waals surface area contributed by atoms with Gasteiger partial charge in [0, 0.05) is 31.1 Å². The van der Waals surface area contributed by atoms with Gasteiger partial charge >= 0.3 is 0 Å². The second-order valence-corrected chi connectivity index (χ2v) is 7.07. The lowest BCUT2D eigenvalue weighted by Gasteiger charge is -2.10. The predicted molar refractivity (Wildman–Crippen MR) is 113 cm³/mol. The van der Waals surface area contributed by atoms with Gasteiger partial charge in [0.1, 0.15) is 17.3 Å². The maximum Gasteiger partial charge on any atom is 0.208 e. The first kappa shape index (κ1) is 17.9. The Balaban J connectivity index is 1.62. The van der Waals surface area contributed by atoms with E-state index in [4.69, 9.17) is 15.5 Å². The molecule has 0 spiro atoms. The second kappa shape index (κ2) is 7.23. The lowest BCUT2D eigenvalue weighted by molar-refractivity contribution is 0.483. The van der Waals surface area contributed by atoms with Gasteiger partial charge in [-0.1, -0.05) is 26.0 Å². The number of pyridine rings is 1. The van der Waals surface area contributed by atoms with Crippen molar-refractivity contribution >= 4 is 28.5 Å². The van der Waals surface area contributed by atoms with Crippen LogP contribution in [0.1, 0.15) is 25.3 Å². The van der Waals surface area contributed by atoms with Crippen molar-refractivity contribution in [1.29, 1.82) is 0 Å². The Morgan fingerprint density at radius 2 is 1.86 bits per heavy atom. The summed E-state index contributed by atoms with van der Waals surface area (Å²) in [7, 11) is 1.99. The van der Waals surface area contributed by atoms with Crippen molar-refractivity contribution in [3.05, 3.63) is 66.4 Å². The Bertz CT molecular complexity index is 1130. The first-order valence-corrected chi connectivity index (χ1v) is 9.22. The smallest absolute Gasteiger partial charge is 0.208 e. The number of anilines is 3. The van der Waals surface area contributed by atoms with Crippen molar-refractivity contribution < 1.29 is 4.74 Å². The van der Waals surface area contributed by atoms with Crippen molar-refractivity contribution in [2.75, 3.05) is 11.1 Å². The van der Waals surface area contributed by atoms with E-state index in [1.54, 1.807) is 18.3 Å². The maximum absolute atomic E-state index is 5.89. The monoisotopic (exact) mass is 373 g/mol. The first-order valence-electron chi connectivity index (χ1n) is 9.22. The normalized spacial score (nSPS) is 11.1. The molecule has 4 aromatic rings. The van der Waals surface area contributed by atoms with Crippen LogP contribution in [-0.4, -0.2) is 14.5 Å². The topological polar surface area (TPSA) is 78.0 Å². The number of benzene rings is 2. The third-order valence-corrected chi connectivity index (χ3v) is 4.65. The van der Waals surface area contributed by atoms with E-state index in [0.29, 0.717) is 23.2 Å². The zero-order chi connectivity index (χ0) is 19.7. The number of nitrogens with zero attached hydrogens (tertiary/aromatic N) is 3. The Morgan fingerprint density at radius 1 is 1.04 bits per heavy atom. The summed E-state index contributed by atoms with van der Waals surface area (Å²) in [5, 5.41) is 3.42. The van der Waals surface area contributed by atoms with Crippen LogP contribution in [0.15, 0.2) is 60.8 Å². The molecule has 0 saturated heterocycles. The molecule has 0 aliphatic carbocycles. The Kier molecular flexibility index (Phi) is 4.61. The molecule has 0 amide bonds. The average Bonchev–Trinajstić information content (AvgIpc) is 2.97. The van der Waals surface area contributed by atoms with E-state index >= 15 is 0 Å². The molecule has 2 aromatic heterocycles. The first-order chi connectivity index (χ1) is 13.5. The van der Waals surface area contributed by atoms with Gasteiger partial charge in [-0.25, -0.2) is 9.97 Å². The van der Waals surface area contributed by atoms with Gasteiger partial charge in [0.25, 0.3) is 0 Å². The van der Waals surface area contributed by atoms with Crippen LogP contribution in [0.5, 0.6) is 11.5 Å². The van der Waals surface area contributed by atoms with Gasteiger partial charge < -0.3 is 20.4 Å². The van der Waals surface area contributed by atoms with Gasteiger partial charge in [-0.15, -0.1) is 0 Å². The fraction of sp³-hybridized carbons (Fsp3) is 0.182. The number of aromatic nitrogens is 3. The van der Waals surface area contributed by atoms with Crippen LogP contribution in [0.4, 0.5) is 17.5 Å². The van der Waals surface area contributed by atoms with Crippen LogP contribution in [0.25, 0.3) is 11.0 Å². The van der Waals surface area contributed by atoms with Gasteiger partial charge in [-0.05, 0) is 41.8 Å². The predicted octanol–water partition coefficient (Wildman–Crippen LogP) is 5.21. The highest BCUT2D eigenvalue weighted by Gasteiger charge is 2.10. The van der Waals surface area contributed by atoms with Crippen LogP contribution in [0, 0.1) is 0 Å². The van der Waals surface area contributed by atoms with E-state index in [0.717, 1.165) is 22.7 Å². The highest BCUT2D eigenvalue weighted by Crippen LogP contribution is 2.29. The van der Waals surface area contributed by atoms with Gasteiger partial charge in [0.05, 0.1) is 11.0 Å². The molecule has 0 radical (unpaired) electrons. The summed E-state index contributed by atoms with van der Waals surface area (Å²) in [6.45, 7) is 4.37. The van der Waals surface area contributed by atoms with Crippen molar-refractivity contribution in [2.24, 2.45) is 7.05 Å². The number of rotatable bonds is 5. The molecule has 0 saturated carbocycles. The summed E-state index contributed by atoms with van der Waals surface area (Å²) in [6, 6.07) is 17.7. The van der Waals surface area contributed by atoms with Crippen LogP contribution in [0.2, 0.25) is 0 Å². The largest absolute Gasteiger partial charge is 0.457 e. The van der Waals surface area contributed by atoms with Crippen molar-refractivity contribution in [3.8, 4) is 11.5 Å². The van der Waals surface area contributed by atoms with E-state index in [1.807, 2.05) is 35.9 Å². The van der Waals surface area contributed by atoms with Crippen LogP contribution < -0.4 is 15.8 Å². The number of hydrogen-bond acceptors (Lipinski definition) is 5. The Hall–Kier alpha value is -3.54. The number of aryl methyl sites for hydroxylation is 1. The molecule has 0 aliphatic heterocycles. The molecule has 6 nitrogen and oxygen atoms in total. The Labute approximate surface area is 164 Å². The molecular weight excluding hydrogens is 350 g/mol. The SMILES string of the molecule is CC(C)c1cccc(Nc2nc3cc(Oc4ccnc(N)c4)ccc3n2C)c1. The fourth-order valence-electron chi connectivity index (χ4n) is 3.09. The molecule has 3 N–H and O–H groups in total. The van der Waals surface area contributed by atoms with Crippen molar-refractivity contribution in [1.82, 2.24) is 14.5 Å². The number of ether oxygens (including phenoxy) is 1. The van der Waals surface area contributed by atoms with Gasteiger partial charge in [0.2, 0.25) is 5.95 Å². The number of nitrogen functional groups attached to an aromatic ring is 1. The lowest BCUT2D eigenvalue weighted by Crippen LogP contribution is -1.99. The summed E-state index contributed by atoms with van der Waals surface area (Å²) in [5.74, 6) is 3.02. The number of imidazole rings is 1. The minimum atomic E-state index is 0.423. The third kappa shape index (κ3) is 3.62. The van der Waals surface area contributed by atoms with Crippen LogP contribution >= 0.6 is 0 Å². The molecule has 142 valence electrons. The summed E-state index contributed by atoms with van der Waals surface area (Å²) < 4.78 is 7.92. The van der Waals surface area contributed by atoms with E-state index < -0.39 is 0 Å². The zero-order valence-corrected chi connectivity index (χ0v) is 16.2. The van der Waals surface area contributed by atoms with Crippen LogP contribution in [-0.2, 0) is 7.05 Å². The third-order valence-electron chi connectivity index (χ3n) is 4.65. The highest BCUT2D eigenvalue weighted by atomic mass is 16.5. The lowest BCUT2D eigenvalue weighted by atomic mass is 10.0. The molecule has 0 aliphatic rings. The quantitative estimate of drug-likeness (QED) is 0.502. The maximum atomic E-state index is 5.89. The van der Waals surface area contributed by atoms with Crippen molar-refractivity contribution in [3.63, 3.8) is 0 Å². The summed E-state index contributed by atoms with van der Waals surface area (Å²) in [6.07, 6.45) is 1.62. The molecule has 0 atom stereocenters. The summed E-state index contributed by atoms with van der Waals surface area (Å²) >= 11 is 0. The van der Waals surface area contributed by atoms with Crippen LogP contribution in [0.3, 0.4) is 0 Å². The second-order valence-electron chi connectivity index (χ2n) is 7.07. The van der Waals surface area contributed by atoms with E-state index in [1.165, 1.54) is 5.56 Å². The fourth-order valence-corrected chi connectivity index (χ4v) is 3.09. The minimum Gasteiger partial charge on any atom is -0.457 e. The zero-order valence-electron chi connectivity index (χ0n) is 16.2. The van der Waals surface area contributed by atoms with Gasteiger partial charge in [-0.2, -0.15) is 0 Å².